The minimum absolute atomic E-state index is 0.105. The van der Waals surface area contributed by atoms with Crippen LogP contribution in [0.25, 0.3) is 6.08 Å². The summed E-state index contributed by atoms with van der Waals surface area (Å²) in [4.78, 5) is 45.3. The molecule has 1 N–H and O–H groups in total. The highest BCUT2D eigenvalue weighted by Gasteiger charge is 2.35. The van der Waals surface area contributed by atoms with Crippen LogP contribution in [0.1, 0.15) is 16.1 Å². The summed E-state index contributed by atoms with van der Waals surface area (Å²) < 4.78 is 5.08. The van der Waals surface area contributed by atoms with Gasteiger partial charge in [0.2, 0.25) is 0 Å². The SMILES string of the molecule is COc1ccc(/C=C2\SC(=O)N(CNC(=O)c3cnccn3)C2=O)cc1. The van der Waals surface area contributed by atoms with Gasteiger partial charge in [-0.1, -0.05) is 12.1 Å². The van der Waals surface area contributed by atoms with E-state index in [0.717, 1.165) is 22.2 Å². The quantitative estimate of drug-likeness (QED) is 0.802. The van der Waals surface area contributed by atoms with Crippen LogP contribution >= 0.6 is 11.8 Å². The molecule has 2 heterocycles. The van der Waals surface area contributed by atoms with Gasteiger partial charge in [-0.2, -0.15) is 0 Å². The van der Waals surface area contributed by atoms with E-state index in [1.54, 1.807) is 37.5 Å². The van der Waals surface area contributed by atoms with Crippen molar-refractivity contribution in [1.29, 1.82) is 0 Å². The Hall–Kier alpha value is -3.20. The Morgan fingerprint density at radius 2 is 2.04 bits per heavy atom. The first kappa shape index (κ1) is 17.6. The van der Waals surface area contributed by atoms with Crippen LogP contribution in [0.4, 0.5) is 4.79 Å². The van der Waals surface area contributed by atoms with Crippen LogP contribution in [0.3, 0.4) is 0 Å². The molecule has 3 amide bonds. The van der Waals surface area contributed by atoms with E-state index in [4.69, 9.17) is 4.74 Å². The maximum absolute atomic E-state index is 12.4. The van der Waals surface area contributed by atoms with Gasteiger partial charge in [-0.3, -0.25) is 24.3 Å². The summed E-state index contributed by atoms with van der Waals surface area (Å²) >= 11 is 0.822. The lowest BCUT2D eigenvalue weighted by Gasteiger charge is -2.13. The van der Waals surface area contributed by atoms with E-state index in [1.807, 2.05) is 0 Å². The summed E-state index contributed by atoms with van der Waals surface area (Å²) in [6, 6.07) is 7.08. The second kappa shape index (κ2) is 7.79. The lowest BCUT2D eigenvalue weighted by Crippen LogP contribution is -2.40. The van der Waals surface area contributed by atoms with Crippen LogP contribution in [-0.2, 0) is 4.79 Å². The van der Waals surface area contributed by atoms with E-state index >= 15 is 0 Å². The van der Waals surface area contributed by atoms with Crippen molar-refractivity contribution >= 4 is 34.9 Å². The summed E-state index contributed by atoms with van der Waals surface area (Å²) in [6.45, 7) is -0.236. The normalized spacial score (nSPS) is 15.4. The van der Waals surface area contributed by atoms with Gasteiger partial charge in [0.05, 0.1) is 18.2 Å². The molecule has 0 bridgehead atoms. The van der Waals surface area contributed by atoms with Gasteiger partial charge in [-0.25, -0.2) is 4.98 Å². The molecule has 0 saturated carbocycles. The molecule has 26 heavy (non-hydrogen) atoms. The fourth-order valence-electron chi connectivity index (χ4n) is 2.15. The summed E-state index contributed by atoms with van der Waals surface area (Å²) in [7, 11) is 1.57. The topological polar surface area (TPSA) is 101 Å². The first-order valence-corrected chi connectivity index (χ1v) is 8.34. The lowest BCUT2D eigenvalue weighted by molar-refractivity contribution is -0.122. The summed E-state index contributed by atoms with van der Waals surface area (Å²) in [5, 5.41) is 2.04. The van der Waals surface area contributed by atoms with Gasteiger partial charge in [0.1, 0.15) is 18.1 Å². The average Bonchev–Trinajstić information content (AvgIpc) is 2.94. The molecular formula is C17H14N4O4S. The maximum Gasteiger partial charge on any atom is 0.295 e. The third kappa shape index (κ3) is 3.89. The van der Waals surface area contributed by atoms with E-state index in [9.17, 15) is 14.4 Å². The highest BCUT2D eigenvalue weighted by molar-refractivity contribution is 8.18. The van der Waals surface area contributed by atoms with Crippen LogP contribution in [0.15, 0.2) is 47.8 Å². The monoisotopic (exact) mass is 370 g/mol. The number of benzene rings is 1. The zero-order valence-electron chi connectivity index (χ0n) is 13.7. The fourth-order valence-corrected chi connectivity index (χ4v) is 2.98. The Morgan fingerprint density at radius 1 is 1.27 bits per heavy atom. The molecule has 0 unspecified atom stereocenters. The van der Waals surface area contributed by atoms with Crippen LogP contribution in [0.5, 0.6) is 5.75 Å². The van der Waals surface area contributed by atoms with Crippen LogP contribution in [0, 0.1) is 0 Å². The number of ether oxygens (including phenoxy) is 1. The predicted molar refractivity (Wildman–Crippen MR) is 95.2 cm³/mol. The van der Waals surface area contributed by atoms with Crippen molar-refractivity contribution in [2.24, 2.45) is 0 Å². The number of carbonyl (C=O) groups excluding carboxylic acids is 3. The van der Waals surface area contributed by atoms with Gasteiger partial charge in [-0.05, 0) is 35.5 Å². The second-order valence-corrected chi connectivity index (χ2v) is 6.13. The van der Waals surface area contributed by atoms with E-state index in [2.05, 4.69) is 15.3 Å². The van der Waals surface area contributed by atoms with Crippen LogP contribution < -0.4 is 10.1 Å². The van der Waals surface area contributed by atoms with Crippen molar-refractivity contribution in [1.82, 2.24) is 20.2 Å². The molecule has 1 aromatic carbocycles. The zero-order valence-corrected chi connectivity index (χ0v) is 14.5. The lowest BCUT2D eigenvalue weighted by atomic mass is 10.2. The molecular weight excluding hydrogens is 356 g/mol. The number of rotatable bonds is 5. The van der Waals surface area contributed by atoms with Crippen LogP contribution in [-0.4, -0.2) is 45.7 Å². The molecule has 0 aliphatic carbocycles. The highest BCUT2D eigenvalue weighted by atomic mass is 32.2. The fraction of sp³-hybridized carbons (Fsp3) is 0.118. The van der Waals surface area contributed by atoms with E-state index in [0.29, 0.717) is 5.75 Å². The van der Waals surface area contributed by atoms with E-state index in [-0.39, 0.29) is 17.3 Å². The van der Waals surface area contributed by atoms with Gasteiger partial charge in [0.15, 0.2) is 0 Å². The summed E-state index contributed by atoms with van der Waals surface area (Å²) in [6.07, 6.45) is 5.74. The Balaban J connectivity index is 1.66. The van der Waals surface area contributed by atoms with Crippen molar-refractivity contribution in [3.8, 4) is 5.75 Å². The molecule has 132 valence electrons. The number of carbonyl (C=O) groups is 3. The third-order valence-corrected chi connectivity index (χ3v) is 4.39. The maximum atomic E-state index is 12.4. The Morgan fingerprint density at radius 3 is 2.69 bits per heavy atom. The van der Waals surface area contributed by atoms with Gasteiger partial charge in [0, 0.05) is 12.4 Å². The van der Waals surface area contributed by atoms with Crippen molar-refractivity contribution < 1.29 is 19.1 Å². The Labute approximate surface area is 153 Å². The molecule has 0 atom stereocenters. The summed E-state index contributed by atoms with van der Waals surface area (Å²) in [5.41, 5.74) is 0.869. The van der Waals surface area contributed by atoms with Crippen molar-refractivity contribution in [2.75, 3.05) is 13.8 Å². The molecule has 9 heteroatoms. The number of thioether (sulfide) groups is 1. The Kier molecular flexibility index (Phi) is 5.28. The van der Waals surface area contributed by atoms with Gasteiger partial charge in [-0.15, -0.1) is 0 Å². The molecule has 8 nitrogen and oxygen atoms in total. The van der Waals surface area contributed by atoms with Crippen molar-refractivity contribution in [3.05, 3.63) is 59.0 Å². The number of hydrogen-bond donors (Lipinski definition) is 1. The van der Waals surface area contributed by atoms with E-state index < -0.39 is 17.1 Å². The number of nitrogens with zero attached hydrogens (tertiary/aromatic N) is 3. The van der Waals surface area contributed by atoms with Crippen molar-refractivity contribution in [3.63, 3.8) is 0 Å². The highest BCUT2D eigenvalue weighted by Crippen LogP contribution is 2.31. The largest absolute Gasteiger partial charge is 0.497 e. The second-order valence-electron chi connectivity index (χ2n) is 5.14. The number of hydrogen-bond acceptors (Lipinski definition) is 7. The third-order valence-electron chi connectivity index (χ3n) is 3.48. The molecule has 1 fully saturated rings. The standard InChI is InChI=1S/C17H14N4O4S/c1-25-12-4-2-11(3-5-12)8-14-16(23)21(17(24)26-14)10-20-15(22)13-9-18-6-7-19-13/h2-9H,10H2,1H3,(H,20,22)/b14-8-. The smallest absolute Gasteiger partial charge is 0.295 e. The van der Waals surface area contributed by atoms with E-state index in [1.165, 1.54) is 18.6 Å². The average molecular weight is 370 g/mol. The molecule has 0 radical (unpaired) electrons. The number of aromatic nitrogens is 2. The number of nitrogens with one attached hydrogen (secondary N) is 1. The van der Waals surface area contributed by atoms with Crippen LogP contribution in [0.2, 0.25) is 0 Å². The first-order chi connectivity index (χ1) is 12.6. The predicted octanol–water partition coefficient (Wildman–Crippen LogP) is 1.91. The molecule has 0 spiro atoms. The molecule has 1 aromatic heterocycles. The van der Waals surface area contributed by atoms with Crippen molar-refractivity contribution in [2.45, 2.75) is 0 Å². The van der Waals surface area contributed by atoms with Gasteiger partial charge in [0.25, 0.3) is 17.1 Å². The number of amides is 3. The molecule has 1 aliphatic heterocycles. The molecule has 2 aromatic rings. The number of imide groups is 1. The van der Waals surface area contributed by atoms with Gasteiger partial charge >= 0.3 is 0 Å². The van der Waals surface area contributed by atoms with Gasteiger partial charge < -0.3 is 10.1 Å². The molecule has 1 aliphatic rings. The Bertz CT molecular complexity index is 868. The minimum Gasteiger partial charge on any atom is -0.497 e. The molecule has 3 rings (SSSR count). The summed E-state index contributed by atoms with van der Waals surface area (Å²) in [5.74, 6) is -0.284. The molecule has 1 saturated heterocycles. The zero-order chi connectivity index (χ0) is 18.5. The first-order valence-electron chi connectivity index (χ1n) is 7.52. The minimum atomic E-state index is -0.517. The number of methoxy groups -OCH3 is 1.